The second-order valence-corrected chi connectivity index (χ2v) is 7.02. The van der Waals surface area contributed by atoms with Gasteiger partial charge in [-0.05, 0) is 35.4 Å². The molecule has 3 fully saturated rings. The molecular formula is C21H22O6. The quantitative estimate of drug-likeness (QED) is 0.599. The molecule has 3 aliphatic rings. The second kappa shape index (κ2) is 7.38. The highest BCUT2D eigenvalue weighted by molar-refractivity contribution is 5.68. The molecule has 6 heteroatoms. The van der Waals surface area contributed by atoms with E-state index in [0.29, 0.717) is 19.8 Å². The van der Waals surface area contributed by atoms with E-state index in [4.69, 9.17) is 28.4 Å². The molecule has 3 saturated heterocycles. The fraction of sp³-hybridized carbons (Fsp3) is 0.429. The van der Waals surface area contributed by atoms with Crippen LogP contribution in [0.4, 0.5) is 0 Å². The minimum atomic E-state index is 0.213. The van der Waals surface area contributed by atoms with Gasteiger partial charge in [0, 0.05) is 6.07 Å². The first-order valence-corrected chi connectivity index (χ1v) is 9.30. The number of ether oxygens (including phenoxy) is 6. The summed E-state index contributed by atoms with van der Waals surface area (Å²) in [5.74, 6) is 2.40. The molecular weight excluding hydrogens is 348 g/mol. The van der Waals surface area contributed by atoms with Crippen molar-refractivity contribution in [1.82, 2.24) is 0 Å². The van der Waals surface area contributed by atoms with Crippen LogP contribution in [0.3, 0.4) is 0 Å². The van der Waals surface area contributed by atoms with Crippen LogP contribution in [0.1, 0.15) is 0 Å². The summed E-state index contributed by atoms with van der Waals surface area (Å²) in [6.07, 6.45) is 0.679. The SMILES string of the molecule is c1cc(-c2cc(OCC3CO3)cc(OCC3CO3)c2)ccc1OCC1CO1. The van der Waals surface area contributed by atoms with Crippen molar-refractivity contribution >= 4 is 0 Å². The molecule has 0 spiro atoms. The Labute approximate surface area is 157 Å². The van der Waals surface area contributed by atoms with Gasteiger partial charge < -0.3 is 28.4 Å². The smallest absolute Gasteiger partial charge is 0.123 e. The fourth-order valence-corrected chi connectivity index (χ4v) is 2.71. The first-order valence-electron chi connectivity index (χ1n) is 9.30. The van der Waals surface area contributed by atoms with Crippen LogP contribution in [0.5, 0.6) is 17.2 Å². The van der Waals surface area contributed by atoms with Crippen LogP contribution in [0.15, 0.2) is 42.5 Å². The van der Waals surface area contributed by atoms with E-state index in [2.05, 4.69) is 0 Å². The van der Waals surface area contributed by atoms with E-state index in [1.165, 1.54) is 0 Å². The molecule has 0 aliphatic carbocycles. The van der Waals surface area contributed by atoms with Gasteiger partial charge in [0.1, 0.15) is 55.4 Å². The summed E-state index contributed by atoms with van der Waals surface area (Å²) in [5, 5.41) is 0. The zero-order valence-corrected chi connectivity index (χ0v) is 15.0. The van der Waals surface area contributed by atoms with Crippen LogP contribution < -0.4 is 14.2 Å². The minimum absolute atomic E-state index is 0.213. The average Bonchev–Trinajstić information content (AvgIpc) is 3.57. The maximum atomic E-state index is 5.88. The molecule has 2 aromatic rings. The molecule has 5 rings (SSSR count). The largest absolute Gasteiger partial charge is 0.491 e. The van der Waals surface area contributed by atoms with Crippen molar-refractivity contribution in [3.63, 3.8) is 0 Å². The standard InChI is InChI=1S/C21H22O6/c1-3-16(22-8-19-11-25-19)4-2-14(1)15-5-17(23-9-20-12-26-20)7-18(6-15)24-10-21-13-27-21/h1-7,19-21H,8-13H2. The predicted molar refractivity (Wildman–Crippen MR) is 97.6 cm³/mol. The molecule has 6 nitrogen and oxygen atoms in total. The van der Waals surface area contributed by atoms with Crippen molar-refractivity contribution in [3.8, 4) is 28.4 Å². The molecule has 0 aromatic heterocycles. The Morgan fingerprint density at radius 2 is 1.04 bits per heavy atom. The zero-order chi connectivity index (χ0) is 18.1. The summed E-state index contributed by atoms with van der Waals surface area (Å²) in [5.41, 5.74) is 2.11. The summed E-state index contributed by atoms with van der Waals surface area (Å²) in [4.78, 5) is 0. The van der Waals surface area contributed by atoms with Gasteiger partial charge in [-0.2, -0.15) is 0 Å². The first kappa shape index (κ1) is 16.9. The molecule has 2 aromatic carbocycles. The average molecular weight is 370 g/mol. The van der Waals surface area contributed by atoms with E-state index >= 15 is 0 Å². The fourth-order valence-electron chi connectivity index (χ4n) is 2.71. The normalized spacial score (nSPS) is 25.0. The zero-order valence-electron chi connectivity index (χ0n) is 15.0. The monoisotopic (exact) mass is 370 g/mol. The molecule has 0 saturated carbocycles. The van der Waals surface area contributed by atoms with Gasteiger partial charge in [-0.3, -0.25) is 0 Å². The van der Waals surface area contributed by atoms with Crippen molar-refractivity contribution in [2.24, 2.45) is 0 Å². The highest BCUT2D eigenvalue weighted by Crippen LogP contribution is 2.32. The predicted octanol–water partition coefficient (Wildman–Crippen LogP) is 2.69. The molecule has 0 bridgehead atoms. The lowest BCUT2D eigenvalue weighted by atomic mass is 10.0. The molecule has 0 amide bonds. The van der Waals surface area contributed by atoms with Crippen molar-refractivity contribution in [3.05, 3.63) is 42.5 Å². The van der Waals surface area contributed by atoms with Crippen LogP contribution in [0.25, 0.3) is 11.1 Å². The van der Waals surface area contributed by atoms with E-state index in [1.807, 2.05) is 42.5 Å². The summed E-state index contributed by atoms with van der Waals surface area (Å²) >= 11 is 0. The Bertz CT molecular complexity index is 744. The van der Waals surface area contributed by atoms with Gasteiger partial charge in [-0.15, -0.1) is 0 Å². The third-order valence-corrected chi connectivity index (χ3v) is 4.58. The van der Waals surface area contributed by atoms with Gasteiger partial charge in [-0.1, -0.05) is 12.1 Å². The highest BCUT2D eigenvalue weighted by atomic mass is 16.6. The van der Waals surface area contributed by atoms with Crippen LogP contribution in [0, 0.1) is 0 Å². The molecule has 3 heterocycles. The number of benzene rings is 2. The second-order valence-electron chi connectivity index (χ2n) is 7.02. The molecule has 3 atom stereocenters. The Morgan fingerprint density at radius 1 is 0.593 bits per heavy atom. The Morgan fingerprint density at radius 3 is 1.48 bits per heavy atom. The number of epoxide rings is 3. The summed E-state index contributed by atoms with van der Waals surface area (Å²) in [7, 11) is 0. The Hall–Kier alpha value is -2.28. The molecule has 3 unspecified atom stereocenters. The molecule has 3 aliphatic heterocycles. The van der Waals surface area contributed by atoms with Crippen LogP contribution in [-0.4, -0.2) is 58.0 Å². The lowest BCUT2D eigenvalue weighted by molar-refractivity contribution is 0.252. The van der Waals surface area contributed by atoms with E-state index in [0.717, 1.165) is 48.2 Å². The minimum Gasteiger partial charge on any atom is -0.491 e. The summed E-state index contributed by atoms with van der Waals surface area (Å²) in [6, 6.07) is 14.0. The van der Waals surface area contributed by atoms with Gasteiger partial charge in [0.25, 0.3) is 0 Å². The lowest BCUT2D eigenvalue weighted by Gasteiger charge is -2.12. The third-order valence-electron chi connectivity index (χ3n) is 4.58. The highest BCUT2D eigenvalue weighted by Gasteiger charge is 2.25. The van der Waals surface area contributed by atoms with Gasteiger partial charge >= 0.3 is 0 Å². The van der Waals surface area contributed by atoms with Gasteiger partial charge in [0.2, 0.25) is 0 Å². The Kier molecular flexibility index (Phi) is 4.61. The van der Waals surface area contributed by atoms with Crippen molar-refractivity contribution in [2.75, 3.05) is 39.6 Å². The van der Waals surface area contributed by atoms with Gasteiger partial charge in [0.15, 0.2) is 0 Å². The summed E-state index contributed by atoms with van der Waals surface area (Å²) < 4.78 is 33.1. The number of hydrogen-bond donors (Lipinski definition) is 0. The molecule has 142 valence electrons. The molecule has 27 heavy (non-hydrogen) atoms. The first-order chi connectivity index (χ1) is 13.3. The van der Waals surface area contributed by atoms with Crippen LogP contribution >= 0.6 is 0 Å². The van der Waals surface area contributed by atoms with Gasteiger partial charge in [-0.25, -0.2) is 0 Å². The van der Waals surface area contributed by atoms with E-state index in [9.17, 15) is 0 Å². The third kappa shape index (κ3) is 4.91. The maximum absolute atomic E-state index is 5.88. The van der Waals surface area contributed by atoms with Crippen LogP contribution in [0.2, 0.25) is 0 Å². The number of hydrogen-bond acceptors (Lipinski definition) is 6. The van der Waals surface area contributed by atoms with Crippen molar-refractivity contribution in [2.45, 2.75) is 18.3 Å². The van der Waals surface area contributed by atoms with E-state index in [-0.39, 0.29) is 18.3 Å². The number of rotatable bonds is 10. The summed E-state index contributed by atoms with van der Waals surface area (Å²) in [6.45, 7) is 4.07. The molecule has 0 radical (unpaired) electrons. The van der Waals surface area contributed by atoms with Gasteiger partial charge in [0.05, 0.1) is 19.8 Å². The topological polar surface area (TPSA) is 65.3 Å². The van der Waals surface area contributed by atoms with E-state index in [1.54, 1.807) is 0 Å². The van der Waals surface area contributed by atoms with E-state index < -0.39 is 0 Å². The Balaban J connectivity index is 1.31. The lowest BCUT2D eigenvalue weighted by Crippen LogP contribution is -2.06. The van der Waals surface area contributed by atoms with Crippen LogP contribution in [-0.2, 0) is 14.2 Å². The van der Waals surface area contributed by atoms with Crippen molar-refractivity contribution < 1.29 is 28.4 Å². The molecule has 0 N–H and O–H groups in total. The maximum Gasteiger partial charge on any atom is 0.123 e. The van der Waals surface area contributed by atoms with Crippen molar-refractivity contribution in [1.29, 1.82) is 0 Å².